The van der Waals surface area contributed by atoms with Crippen LogP contribution < -0.4 is 10.6 Å². The molecule has 1 saturated heterocycles. The van der Waals surface area contributed by atoms with E-state index in [0.29, 0.717) is 6.54 Å². The first-order chi connectivity index (χ1) is 13.8. The quantitative estimate of drug-likeness (QED) is 0.558. The molecule has 2 N–H and O–H groups in total. The summed E-state index contributed by atoms with van der Waals surface area (Å²) in [5, 5.41) is 11.4. The van der Waals surface area contributed by atoms with Gasteiger partial charge in [-0.15, -0.1) is 0 Å². The number of hydrogen-bond acceptors (Lipinski definition) is 6. The van der Waals surface area contributed by atoms with Gasteiger partial charge in [-0.25, -0.2) is 4.98 Å². The predicted molar refractivity (Wildman–Crippen MR) is 113 cm³/mol. The Bertz CT molecular complexity index is 913. The van der Waals surface area contributed by atoms with Crippen LogP contribution in [-0.2, 0) is 6.54 Å². The normalized spacial score (nSPS) is 14.4. The van der Waals surface area contributed by atoms with Crippen molar-refractivity contribution < 1.29 is 0 Å². The van der Waals surface area contributed by atoms with Gasteiger partial charge in [-0.2, -0.15) is 9.61 Å². The van der Waals surface area contributed by atoms with E-state index in [1.165, 1.54) is 25.9 Å². The highest BCUT2D eigenvalue weighted by atomic mass is 15.3. The van der Waals surface area contributed by atoms with E-state index in [1.807, 2.05) is 28.9 Å². The molecule has 0 amide bonds. The number of anilines is 2. The molecule has 1 aliphatic rings. The zero-order chi connectivity index (χ0) is 19.2. The van der Waals surface area contributed by atoms with Crippen molar-refractivity contribution in [1.82, 2.24) is 24.5 Å². The molecule has 1 fully saturated rings. The van der Waals surface area contributed by atoms with Gasteiger partial charge in [0.05, 0.1) is 6.20 Å². The summed E-state index contributed by atoms with van der Waals surface area (Å²) in [6.07, 6.45) is 11.0. The van der Waals surface area contributed by atoms with Gasteiger partial charge in [0.25, 0.3) is 0 Å². The average molecular weight is 377 g/mol. The molecule has 146 valence electrons. The zero-order valence-corrected chi connectivity index (χ0v) is 16.1. The largest absolute Gasteiger partial charge is 0.370 e. The highest BCUT2D eigenvalue weighted by Crippen LogP contribution is 2.20. The smallest absolute Gasteiger partial charge is 0.166 e. The lowest BCUT2D eigenvalue weighted by Gasteiger charge is -2.15. The summed E-state index contributed by atoms with van der Waals surface area (Å²) in [4.78, 5) is 11.4. The number of hydrogen-bond donors (Lipinski definition) is 2. The molecule has 0 aromatic carbocycles. The van der Waals surface area contributed by atoms with Crippen molar-refractivity contribution in [3.05, 3.63) is 54.5 Å². The SMILES string of the molecule is C=Cc1cnn2c(NCc3cccnc3)cc(NCCCN3CCCC3)nc12. The molecule has 0 atom stereocenters. The molecule has 3 aromatic heterocycles. The van der Waals surface area contributed by atoms with Crippen molar-refractivity contribution in [1.29, 1.82) is 0 Å². The van der Waals surface area contributed by atoms with Crippen LogP contribution in [0.3, 0.4) is 0 Å². The average Bonchev–Trinajstić information content (AvgIpc) is 3.40. The second-order valence-electron chi connectivity index (χ2n) is 7.11. The van der Waals surface area contributed by atoms with Crippen LogP contribution in [0.25, 0.3) is 11.7 Å². The maximum atomic E-state index is 4.74. The van der Waals surface area contributed by atoms with Crippen molar-refractivity contribution >= 4 is 23.4 Å². The van der Waals surface area contributed by atoms with Crippen LogP contribution in [0.2, 0.25) is 0 Å². The van der Waals surface area contributed by atoms with Crippen molar-refractivity contribution in [3.63, 3.8) is 0 Å². The Morgan fingerprint density at radius 2 is 2.07 bits per heavy atom. The highest BCUT2D eigenvalue weighted by molar-refractivity contribution is 5.68. The first-order valence-electron chi connectivity index (χ1n) is 9.94. The Morgan fingerprint density at radius 1 is 1.18 bits per heavy atom. The lowest BCUT2D eigenvalue weighted by Crippen LogP contribution is -2.22. The van der Waals surface area contributed by atoms with Gasteiger partial charge in [0.15, 0.2) is 5.65 Å². The van der Waals surface area contributed by atoms with E-state index >= 15 is 0 Å². The third-order valence-electron chi connectivity index (χ3n) is 5.07. The molecular formula is C21H27N7. The first kappa shape index (κ1) is 18.4. The second-order valence-corrected chi connectivity index (χ2v) is 7.11. The minimum atomic E-state index is 0.671. The van der Waals surface area contributed by atoms with Crippen LogP contribution in [0.4, 0.5) is 11.6 Å². The van der Waals surface area contributed by atoms with E-state index in [1.54, 1.807) is 18.5 Å². The fourth-order valence-electron chi connectivity index (χ4n) is 3.56. The summed E-state index contributed by atoms with van der Waals surface area (Å²) >= 11 is 0. The van der Waals surface area contributed by atoms with E-state index < -0.39 is 0 Å². The second kappa shape index (κ2) is 8.84. The maximum Gasteiger partial charge on any atom is 0.166 e. The molecule has 3 aromatic rings. The first-order valence-corrected chi connectivity index (χ1v) is 9.94. The number of likely N-dealkylation sites (tertiary alicyclic amines) is 1. The summed E-state index contributed by atoms with van der Waals surface area (Å²) in [6.45, 7) is 9.08. The summed E-state index contributed by atoms with van der Waals surface area (Å²) < 4.78 is 1.82. The third kappa shape index (κ3) is 4.31. The zero-order valence-electron chi connectivity index (χ0n) is 16.1. The summed E-state index contributed by atoms with van der Waals surface area (Å²) in [7, 11) is 0. The van der Waals surface area contributed by atoms with Gasteiger partial charge < -0.3 is 15.5 Å². The molecule has 4 heterocycles. The van der Waals surface area contributed by atoms with Crippen LogP contribution >= 0.6 is 0 Å². The molecule has 1 aliphatic heterocycles. The molecule has 4 rings (SSSR count). The van der Waals surface area contributed by atoms with Gasteiger partial charge in [-0.1, -0.05) is 18.7 Å². The van der Waals surface area contributed by atoms with Crippen LogP contribution in [0.1, 0.15) is 30.4 Å². The van der Waals surface area contributed by atoms with E-state index in [9.17, 15) is 0 Å². The Hall–Kier alpha value is -2.93. The van der Waals surface area contributed by atoms with Crippen molar-refractivity contribution in [3.8, 4) is 0 Å². The van der Waals surface area contributed by atoms with Crippen molar-refractivity contribution in [2.24, 2.45) is 0 Å². The van der Waals surface area contributed by atoms with Crippen molar-refractivity contribution in [2.75, 3.05) is 36.8 Å². The fraction of sp³-hybridized carbons (Fsp3) is 0.381. The van der Waals surface area contributed by atoms with E-state index in [4.69, 9.17) is 4.98 Å². The molecule has 0 bridgehead atoms. The number of fused-ring (bicyclic) bond motifs is 1. The third-order valence-corrected chi connectivity index (χ3v) is 5.07. The number of nitrogens with one attached hydrogen (secondary N) is 2. The Morgan fingerprint density at radius 3 is 2.86 bits per heavy atom. The molecule has 0 aliphatic carbocycles. The molecular weight excluding hydrogens is 350 g/mol. The van der Waals surface area contributed by atoms with Gasteiger partial charge in [0.2, 0.25) is 0 Å². The van der Waals surface area contributed by atoms with Crippen LogP contribution in [0.5, 0.6) is 0 Å². The molecule has 0 unspecified atom stereocenters. The minimum absolute atomic E-state index is 0.671. The molecule has 7 heteroatoms. The lowest BCUT2D eigenvalue weighted by molar-refractivity contribution is 0.337. The standard InChI is InChI=1S/C21H27N7/c1-2-18-16-25-28-20(24-15-17-7-5-8-22-14-17)13-19(26-21(18)28)23-9-6-12-27-10-3-4-11-27/h2,5,7-8,13-14,16,24H,1,3-4,6,9-12,15H2,(H,23,26). The topological polar surface area (TPSA) is 70.4 Å². The van der Waals surface area contributed by atoms with Crippen LogP contribution in [0, 0.1) is 0 Å². The molecule has 28 heavy (non-hydrogen) atoms. The van der Waals surface area contributed by atoms with Gasteiger partial charge >= 0.3 is 0 Å². The number of pyridine rings is 1. The predicted octanol–water partition coefficient (Wildman–Crippen LogP) is 3.28. The van der Waals surface area contributed by atoms with Crippen LogP contribution in [-0.4, -0.2) is 50.7 Å². The fourth-order valence-corrected chi connectivity index (χ4v) is 3.56. The number of aromatic nitrogens is 4. The van der Waals surface area contributed by atoms with E-state index in [2.05, 4.69) is 32.2 Å². The van der Waals surface area contributed by atoms with Gasteiger partial charge in [0, 0.05) is 37.1 Å². The minimum Gasteiger partial charge on any atom is -0.370 e. The summed E-state index contributed by atoms with van der Waals surface area (Å²) in [6, 6.07) is 6.00. The van der Waals surface area contributed by atoms with E-state index in [0.717, 1.165) is 47.9 Å². The monoisotopic (exact) mass is 377 g/mol. The Labute approximate surface area is 165 Å². The molecule has 0 radical (unpaired) electrons. The molecule has 0 saturated carbocycles. The summed E-state index contributed by atoms with van der Waals surface area (Å²) in [5.74, 6) is 1.75. The Balaban J connectivity index is 1.46. The molecule has 0 spiro atoms. The maximum absolute atomic E-state index is 4.74. The van der Waals surface area contributed by atoms with Crippen molar-refractivity contribution in [2.45, 2.75) is 25.8 Å². The van der Waals surface area contributed by atoms with E-state index in [-0.39, 0.29) is 0 Å². The van der Waals surface area contributed by atoms with Crippen LogP contribution in [0.15, 0.2) is 43.4 Å². The van der Waals surface area contributed by atoms with Gasteiger partial charge in [0.1, 0.15) is 11.6 Å². The summed E-state index contributed by atoms with van der Waals surface area (Å²) in [5.41, 5.74) is 2.84. The number of nitrogens with zero attached hydrogens (tertiary/aromatic N) is 5. The molecule has 7 nitrogen and oxygen atoms in total. The van der Waals surface area contributed by atoms with Gasteiger partial charge in [-0.05, 0) is 50.5 Å². The highest BCUT2D eigenvalue weighted by Gasteiger charge is 2.12. The van der Waals surface area contributed by atoms with Gasteiger partial charge in [-0.3, -0.25) is 4.98 Å². The Kier molecular flexibility index (Phi) is 5.82. The lowest BCUT2D eigenvalue weighted by atomic mass is 10.3. The number of rotatable bonds is 9.